The summed E-state index contributed by atoms with van der Waals surface area (Å²) in [6.45, 7) is 1.95. The minimum absolute atomic E-state index is 0.119. The Hall–Kier alpha value is -3.19. The van der Waals surface area contributed by atoms with Gasteiger partial charge in [-0.25, -0.2) is 4.98 Å². The van der Waals surface area contributed by atoms with Crippen LogP contribution >= 0.6 is 11.3 Å². The number of hydrogen-bond acceptors (Lipinski definition) is 5. The molecule has 1 aliphatic carbocycles. The van der Waals surface area contributed by atoms with Crippen LogP contribution in [0, 0.1) is 0 Å². The third kappa shape index (κ3) is 3.88. The molecule has 7 heteroatoms. The molecule has 2 aromatic carbocycles. The fourth-order valence-corrected chi connectivity index (χ4v) is 5.30. The Labute approximate surface area is 190 Å². The van der Waals surface area contributed by atoms with E-state index in [2.05, 4.69) is 10.1 Å². The number of benzene rings is 2. The van der Waals surface area contributed by atoms with Gasteiger partial charge < -0.3 is 4.74 Å². The molecule has 0 bridgehead atoms. The van der Waals surface area contributed by atoms with Crippen LogP contribution in [0.1, 0.15) is 44.6 Å². The molecule has 2 aromatic heterocycles. The van der Waals surface area contributed by atoms with Crippen molar-refractivity contribution in [2.75, 3.05) is 7.11 Å². The minimum atomic E-state index is -0.119. The third-order valence-electron chi connectivity index (χ3n) is 6.06. The van der Waals surface area contributed by atoms with Gasteiger partial charge in [-0.15, -0.1) is 0 Å². The van der Waals surface area contributed by atoms with Crippen molar-refractivity contribution in [3.8, 4) is 22.1 Å². The van der Waals surface area contributed by atoms with Crippen molar-refractivity contribution in [3.05, 3.63) is 64.4 Å². The normalized spacial score (nSPS) is 15.4. The summed E-state index contributed by atoms with van der Waals surface area (Å²) < 4.78 is 7.91. The van der Waals surface area contributed by atoms with Gasteiger partial charge in [-0.1, -0.05) is 42.7 Å². The Morgan fingerprint density at radius 1 is 1.12 bits per heavy atom. The molecule has 4 aromatic rings. The van der Waals surface area contributed by atoms with Crippen LogP contribution in [-0.2, 0) is 0 Å². The Kier molecular flexibility index (Phi) is 5.66. The molecule has 0 saturated heterocycles. The van der Waals surface area contributed by atoms with E-state index in [-0.39, 0.29) is 11.6 Å². The summed E-state index contributed by atoms with van der Waals surface area (Å²) in [4.78, 5) is 23.3. The van der Waals surface area contributed by atoms with E-state index in [1.165, 1.54) is 30.6 Å². The molecule has 0 spiro atoms. The summed E-state index contributed by atoms with van der Waals surface area (Å²) >= 11 is 1.50. The Bertz CT molecular complexity index is 1290. The van der Waals surface area contributed by atoms with Crippen LogP contribution < -0.4 is 10.3 Å². The first-order valence-electron chi connectivity index (χ1n) is 11.0. The average molecular weight is 447 g/mol. The molecule has 0 unspecified atom stereocenters. The number of methoxy groups -OCH3 is 1. The monoisotopic (exact) mass is 446 g/mol. The molecule has 1 fully saturated rings. The zero-order chi connectivity index (χ0) is 22.1. The first-order valence-corrected chi connectivity index (χ1v) is 11.9. The lowest BCUT2D eigenvalue weighted by atomic mass is 9.95. The number of thiazole rings is 1. The molecule has 0 aliphatic heterocycles. The van der Waals surface area contributed by atoms with Gasteiger partial charge >= 0.3 is 0 Å². The predicted octanol–water partition coefficient (Wildman–Crippen LogP) is 5.59. The predicted molar refractivity (Wildman–Crippen MR) is 131 cm³/mol. The number of rotatable bonds is 5. The number of aromatic amines is 1. The van der Waals surface area contributed by atoms with E-state index in [0.29, 0.717) is 10.7 Å². The molecule has 5 rings (SSSR count). The van der Waals surface area contributed by atoms with Crippen molar-refractivity contribution < 1.29 is 4.74 Å². The van der Waals surface area contributed by atoms with Crippen LogP contribution in [0.15, 0.2) is 58.3 Å². The van der Waals surface area contributed by atoms with Gasteiger partial charge in [0, 0.05) is 11.3 Å². The second-order valence-corrected chi connectivity index (χ2v) is 9.21. The molecule has 0 atom stereocenters. The van der Waals surface area contributed by atoms with Crippen molar-refractivity contribution >= 4 is 27.3 Å². The highest BCUT2D eigenvalue weighted by Gasteiger charge is 2.22. The zero-order valence-electron chi connectivity index (χ0n) is 18.3. The lowest BCUT2D eigenvalue weighted by Gasteiger charge is -2.18. The summed E-state index contributed by atoms with van der Waals surface area (Å²) in [6.07, 6.45) is 5.86. The van der Waals surface area contributed by atoms with Gasteiger partial charge in [0.2, 0.25) is 5.13 Å². The van der Waals surface area contributed by atoms with Crippen LogP contribution in [0.4, 0.5) is 0 Å². The summed E-state index contributed by atoms with van der Waals surface area (Å²) in [5.74, 6) is 0.774. The van der Waals surface area contributed by atoms with E-state index < -0.39 is 0 Å². The van der Waals surface area contributed by atoms with Crippen LogP contribution in [0.2, 0.25) is 0 Å². The number of hydrogen-bond donors (Lipinski definition) is 1. The highest BCUT2D eigenvalue weighted by molar-refractivity contribution is 7.20. The zero-order valence-corrected chi connectivity index (χ0v) is 19.1. The maximum Gasteiger partial charge on any atom is 0.283 e. The first-order chi connectivity index (χ1) is 15.6. The van der Waals surface area contributed by atoms with E-state index in [4.69, 9.17) is 9.73 Å². The van der Waals surface area contributed by atoms with Crippen molar-refractivity contribution in [1.82, 2.24) is 14.8 Å². The minimum Gasteiger partial charge on any atom is -0.497 e. The molecular weight excluding hydrogens is 420 g/mol. The highest BCUT2D eigenvalue weighted by Crippen LogP contribution is 2.28. The molecule has 0 radical (unpaired) electrons. The number of para-hydroxylation sites is 1. The van der Waals surface area contributed by atoms with Gasteiger partial charge in [-0.05, 0) is 56.2 Å². The molecule has 6 nitrogen and oxygen atoms in total. The summed E-state index contributed by atoms with van der Waals surface area (Å²) in [5.41, 5.74) is 3.83. The van der Waals surface area contributed by atoms with Crippen LogP contribution in [0.25, 0.3) is 26.6 Å². The van der Waals surface area contributed by atoms with E-state index >= 15 is 0 Å². The van der Waals surface area contributed by atoms with E-state index in [1.807, 2.05) is 55.5 Å². The molecule has 0 amide bonds. The van der Waals surface area contributed by atoms with E-state index in [9.17, 15) is 4.79 Å². The second kappa shape index (κ2) is 8.74. The largest absolute Gasteiger partial charge is 0.497 e. The molecule has 1 N–H and O–H groups in total. The fraction of sp³-hybridized carbons (Fsp3) is 0.320. The number of aliphatic imine (C=N–C) groups is 1. The van der Waals surface area contributed by atoms with Gasteiger partial charge in [0.05, 0.1) is 34.6 Å². The summed E-state index contributed by atoms with van der Waals surface area (Å²) in [5, 5.41) is 3.96. The van der Waals surface area contributed by atoms with Crippen LogP contribution in [-0.4, -0.2) is 33.6 Å². The number of ether oxygens (including phenoxy) is 1. The molecule has 2 heterocycles. The Morgan fingerprint density at radius 3 is 2.59 bits per heavy atom. The standard InChI is InChI=1S/C25H26N4O2S/c1-16(26-18-8-4-3-5-9-18)22-23(17-12-14-19(31-2)15-13-17)28-29(24(22)30)25-27-20-10-6-7-11-21(20)32-25/h6-7,10-15,18,28H,3-5,8-9H2,1-2H3. The summed E-state index contributed by atoms with van der Waals surface area (Å²) in [7, 11) is 1.65. The first kappa shape index (κ1) is 20.7. The molecule has 32 heavy (non-hydrogen) atoms. The third-order valence-corrected chi connectivity index (χ3v) is 7.08. The maximum absolute atomic E-state index is 13.6. The number of fused-ring (bicyclic) bond motifs is 1. The van der Waals surface area contributed by atoms with Gasteiger partial charge in [0.15, 0.2) is 0 Å². The molecule has 1 saturated carbocycles. The number of H-pyrrole nitrogens is 1. The smallest absolute Gasteiger partial charge is 0.283 e. The number of nitrogens with zero attached hydrogens (tertiary/aromatic N) is 3. The van der Waals surface area contributed by atoms with Crippen LogP contribution in [0.3, 0.4) is 0 Å². The van der Waals surface area contributed by atoms with Gasteiger partial charge in [-0.3, -0.25) is 14.9 Å². The van der Waals surface area contributed by atoms with E-state index in [0.717, 1.165) is 45.8 Å². The maximum atomic E-state index is 13.6. The van der Waals surface area contributed by atoms with Crippen molar-refractivity contribution in [1.29, 1.82) is 0 Å². The summed E-state index contributed by atoms with van der Waals surface area (Å²) in [6, 6.07) is 15.9. The Balaban J connectivity index is 1.65. The van der Waals surface area contributed by atoms with Gasteiger partial charge in [0.25, 0.3) is 5.56 Å². The van der Waals surface area contributed by atoms with Gasteiger partial charge in [0.1, 0.15) is 5.75 Å². The number of nitrogens with one attached hydrogen (secondary N) is 1. The molecule has 1 aliphatic rings. The molecule has 164 valence electrons. The van der Waals surface area contributed by atoms with Gasteiger partial charge in [-0.2, -0.15) is 4.68 Å². The van der Waals surface area contributed by atoms with E-state index in [1.54, 1.807) is 11.8 Å². The number of aromatic nitrogens is 3. The highest BCUT2D eigenvalue weighted by atomic mass is 32.1. The fourth-order valence-electron chi connectivity index (χ4n) is 4.38. The van der Waals surface area contributed by atoms with Crippen molar-refractivity contribution in [2.45, 2.75) is 45.1 Å². The lowest BCUT2D eigenvalue weighted by molar-refractivity contribution is 0.415. The second-order valence-electron chi connectivity index (χ2n) is 8.20. The van der Waals surface area contributed by atoms with Crippen molar-refractivity contribution in [2.24, 2.45) is 4.99 Å². The quantitative estimate of drug-likeness (QED) is 0.406. The Morgan fingerprint density at radius 2 is 1.88 bits per heavy atom. The van der Waals surface area contributed by atoms with Crippen molar-refractivity contribution in [3.63, 3.8) is 0 Å². The topological polar surface area (TPSA) is 72.3 Å². The lowest BCUT2D eigenvalue weighted by Crippen LogP contribution is -2.21. The molecular formula is C25H26N4O2S. The average Bonchev–Trinajstić information content (AvgIpc) is 3.40. The van der Waals surface area contributed by atoms with Crippen LogP contribution in [0.5, 0.6) is 5.75 Å². The SMILES string of the molecule is COc1ccc(-c2[nH]n(-c3nc4ccccc4s3)c(=O)c2C(C)=NC2CCCCC2)cc1.